The molecule has 8 nitrogen and oxygen atoms in total. The van der Waals surface area contributed by atoms with E-state index in [1.807, 2.05) is 13.8 Å². The van der Waals surface area contributed by atoms with Gasteiger partial charge in [0.25, 0.3) is 5.91 Å². The Kier molecular flexibility index (Phi) is 6.88. The molecule has 2 aliphatic rings. The molecule has 0 radical (unpaired) electrons. The van der Waals surface area contributed by atoms with Crippen molar-refractivity contribution in [3.8, 4) is 6.07 Å². The predicted molar refractivity (Wildman–Crippen MR) is 127 cm³/mol. The second-order valence-electron chi connectivity index (χ2n) is 8.50. The van der Waals surface area contributed by atoms with E-state index in [1.54, 1.807) is 0 Å². The van der Waals surface area contributed by atoms with E-state index in [2.05, 4.69) is 23.2 Å². The van der Waals surface area contributed by atoms with Crippen LogP contribution in [0, 0.1) is 11.3 Å². The number of amides is 1. The fraction of sp³-hybridized carbons (Fsp3) is 0.478. The first-order valence-electron chi connectivity index (χ1n) is 11.1. The number of nitrogens with one attached hydrogen (secondary N) is 1. The molecule has 0 aliphatic carbocycles. The highest BCUT2D eigenvalue weighted by Crippen LogP contribution is 2.36. The van der Waals surface area contributed by atoms with Gasteiger partial charge in [-0.3, -0.25) is 9.69 Å². The van der Waals surface area contributed by atoms with Crippen molar-refractivity contribution < 1.29 is 17.9 Å². The van der Waals surface area contributed by atoms with Crippen molar-refractivity contribution in [1.29, 1.82) is 5.26 Å². The van der Waals surface area contributed by atoms with E-state index in [9.17, 15) is 18.5 Å². The van der Waals surface area contributed by atoms with Crippen molar-refractivity contribution in [2.24, 2.45) is 0 Å². The van der Waals surface area contributed by atoms with Crippen molar-refractivity contribution in [3.05, 3.63) is 45.8 Å². The van der Waals surface area contributed by atoms with Gasteiger partial charge in [-0.2, -0.15) is 9.57 Å². The smallest absolute Gasteiger partial charge is 0.256 e. The summed E-state index contributed by atoms with van der Waals surface area (Å²) in [5, 5.41) is 13.1. The lowest BCUT2D eigenvalue weighted by Gasteiger charge is -2.34. The molecule has 1 amide bonds. The number of rotatable bonds is 5. The van der Waals surface area contributed by atoms with Crippen LogP contribution in [0.3, 0.4) is 0 Å². The summed E-state index contributed by atoms with van der Waals surface area (Å²) in [6.07, 6.45) is 0.442. The van der Waals surface area contributed by atoms with E-state index >= 15 is 0 Å². The first-order chi connectivity index (χ1) is 15.7. The highest BCUT2D eigenvalue weighted by atomic mass is 32.2. The lowest BCUT2D eigenvalue weighted by molar-refractivity contribution is -0.0440. The van der Waals surface area contributed by atoms with Crippen molar-refractivity contribution in [2.75, 3.05) is 31.5 Å². The average Bonchev–Trinajstić information content (AvgIpc) is 3.14. The largest absolute Gasteiger partial charge is 0.373 e. The van der Waals surface area contributed by atoms with Gasteiger partial charge < -0.3 is 10.1 Å². The molecule has 3 heterocycles. The van der Waals surface area contributed by atoms with Crippen LogP contribution in [0.15, 0.2) is 29.2 Å². The first-order valence-corrected chi connectivity index (χ1v) is 13.3. The number of morpholine rings is 1. The normalized spacial score (nSPS) is 21.9. The Bertz CT molecular complexity index is 1170. The molecule has 176 valence electrons. The molecule has 0 bridgehead atoms. The summed E-state index contributed by atoms with van der Waals surface area (Å²) >= 11 is 1.44. The van der Waals surface area contributed by atoms with Crippen molar-refractivity contribution in [2.45, 2.75) is 50.8 Å². The van der Waals surface area contributed by atoms with Gasteiger partial charge in [-0.05, 0) is 56.6 Å². The Labute approximate surface area is 198 Å². The summed E-state index contributed by atoms with van der Waals surface area (Å²) in [4.78, 5) is 16.4. The Hall–Kier alpha value is -2.29. The fourth-order valence-corrected chi connectivity index (χ4v) is 7.19. The lowest BCUT2D eigenvalue weighted by atomic mass is 10.0. The molecule has 1 aromatic heterocycles. The van der Waals surface area contributed by atoms with Gasteiger partial charge in [0, 0.05) is 36.6 Å². The van der Waals surface area contributed by atoms with Crippen molar-refractivity contribution in [1.82, 2.24) is 9.21 Å². The quantitative estimate of drug-likeness (QED) is 0.694. The minimum atomic E-state index is -3.67. The van der Waals surface area contributed by atoms with Crippen LogP contribution >= 0.6 is 11.3 Å². The molecule has 1 fully saturated rings. The van der Waals surface area contributed by atoms with Crippen molar-refractivity contribution in [3.63, 3.8) is 0 Å². The molecule has 33 heavy (non-hydrogen) atoms. The van der Waals surface area contributed by atoms with Crippen LogP contribution in [0.25, 0.3) is 0 Å². The minimum Gasteiger partial charge on any atom is -0.373 e. The Morgan fingerprint density at radius 3 is 2.52 bits per heavy atom. The number of thiophene rings is 1. The maximum absolute atomic E-state index is 13.0. The van der Waals surface area contributed by atoms with Crippen LogP contribution in [0.4, 0.5) is 5.00 Å². The van der Waals surface area contributed by atoms with E-state index in [1.165, 1.54) is 39.9 Å². The molecule has 10 heteroatoms. The van der Waals surface area contributed by atoms with Gasteiger partial charge in [-0.15, -0.1) is 11.3 Å². The third-order valence-corrected chi connectivity index (χ3v) is 9.04. The lowest BCUT2D eigenvalue weighted by Crippen LogP contribution is -2.48. The van der Waals surface area contributed by atoms with E-state index in [4.69, 9.17) is 4.74 Å². The van der Waals surface area contributed by atoms with Crippen LogP contribution in [0.5, 0.6) is 0 Å². The molecule has 2 aromatic rings. The standard InChI is InChI=1S/C23H28N4O4S2/c1-4-26-10-9-19-20(11-24)23(32-21(19)14-26)25-22(28)17-5-7-18(8-6-17)33(29,30)27-12-15(2)31-16(3)13-27/h5-8,15-16H,4,9-10,12-14H2,1-3H3,(H,25,28). The summed E-state index contributed by atoms with van der Waals surface area (Å²) in [7, 11) is -3.67. The zero-order valence-electron chi connectivity index (χ0n) is 19.0. The molecule has 1 aromatic carbocycles. The van der Waals surface area contributed by atoms with Crippen LogP contribution < -0.4 is 5.32 Å². The minimum absolute atomic E-state index is 0.143. The molecule has 2 unspecified atom stereocenters. The molecule has 0 spiro atoms. The average molecular weight is 489 g/mol. The van der Waals surface area contributed by atoms with Crippen molar-refractivity contribution >= 4 is 32.3 Å². The molecule has 2 atom stereocenters. The molecule has 2 aliphatic heterocycles. The summed E-state index contributed by atoms with van der Waals surface area (Å²) in [5.41, 5.74) is 1.90. The van der Waals surface area contributed by atoms with Gasteiger partial charge in [0.15, 0.2) is 0 Å². The van der Waals surface area contributed by atoms with Gasteiger partial charge >= 0.3 is 0 Å². The number of benzene rings is 1. The van der Waals surface area contributed by atoms with E-state index in [-0.39, 0.29) is 23.0 Å². The first kappa shape index (κ1) is 23.9. The molecular weight excluding hydrogens is 460 g/mol. The molecule has 4 rings (SSSR count). The summed E-state index contributed by atoms with van der Waals surface area (Å²) in [6.45, 7) is 9.03. The number of anilines is 1. The Morgan fingerprint density at radius 2 is 1.91 bits per heavy atom. The van der Waals surface area contributed by atoms with Gasteiger partial charge in [0.2, 0.25) is 10.0 Å². The number of hydrogen-bond donors (Lipinski definition) is 1. The summed E-state index contributed by atoms with van der Waals surface area (Å²) < 4.78 is 33.1. The second kappa shape index (κ2) is 9.52. The third-order valence-electron chi connectivity index (χ3n) is 6.06. The number of carbonyl (C=O) groups is 1. The van der Waals surface area contributed by atoms with Gasteiger partial charge in [-0.25, -0.2) is 8.42 Å². The van der Waals surface area contributed by atoms with Gasteiger partial charge in [0.05, 0.1) is 22.7 Å². The van der Waals surface area contributed by atoms with E-state index in [0.29, 0.717) is 29.2 Å². The second-order valence-corrected chi connectivity index (χ2v) is 11.5. The number of likely N-dealkylation sites (N-methyl/N-ethyl adjacent to an activating group) is 1. The monoisotopic (exact) mass is 488 g/mol. The predicted octanol–water partition coefficient (Wildman–Crippen LogP) is 3.05. The molecule has 0 saturated carbocycles. The maximum Gasteiger partial charge on any atom is 0.256 e. The number of carbonyl (C=O) groups excluding carboxylic acids is 1. The highest BCUT2D eigenvalue weighted by Gasteiger charge is 2.32. The topological polar surface area (TPSA) is 103 Å². The number of nitrogens with zero attached hydrogens (tertiary/aromatic N) is 3. The SMILES string of the molecule is CCN1CCc2c(sc(NC(=O)c3ccc(S(=O)(=O)N4CC(C)OC(C)C4)cc3)c2C#N)C1. The van der Waals surface area contributed by atoms with Crippen LogP contribution in [-0.4, -0.2) is 61.9 Å². The number of sulfonamides is 1. The van der Waals surface area contributed by atoms with E-state index < -0.39 is 10.0 Å². The maximum atomic E-state index is 13.0. The van der Waals surface area contributed by atoms with Gasteiger partial charge in [-0.1, -0.05) is 6.92 Å². The van der Waals surface area contributed by atoms with Crippen LogP contribution in [0.1, 0.15) is 47.1 Å². The van der Waals surface area contributed by atoms with Crippen LogP contribution in [-0.2, 0) is 27.7 Å². The Morgan fingerprint density at radius 1 is 1.24 bits per heavy atom. The molecule has 1 saturated heterocycles. The number of nitriles is 1. The third kappa shape index (κ3) is 4.83. The highest BCUT2D eigenvalue weighted by molar-refractivity contribution is 7.89. The van der Waals surface area contributed by atoms with Crippen LogP contribution in [0.2, 0.25) is 0 Å². The fourth-order valence-electron chi connectivity index (χ4n) is 4.36. The zero-order chi connectivity index (χ0) is 23.8. The van der Waals surface area contributed by atoms with Gasteiger partial charge in [0.1, 0.15) is 11.1 Å². The summed E-state index contributed by atoms with van der Waals surface area (Å²) in [5.74, 6) is -0.366. The zero-order valence-corrected chi connectivity index (χ0v) is 20.6. The van der Waals surface area contributed by atoms with E-state index in [0.717, 1.165) is 36.5 Å². The molecular formula is C23H28N4O4S2. The number of fused-ring (bicyclic) bond motifs is 1. The summed E-state index contributed by atoms with van der Waals surface area (Å²) in [6, 6.07) is 8.18. The Balaban J connectivity index is 1.51. The molecule has 1 N–H and O–H groups in total. The number of ether oxygens (including phenoxy) is 1. The number of hydrogen-bond acceptors (Lipinski definition) is 7.